The van der Waals surface area contributed by atoms with Gasteiger partial charge in [0.15, 0.2) is 0 Å². The summed E-state index contributed by atoms with van der Waals surface area (Å²) in [4.78, 5) is 4.26. The fourth-order valence-electron chi connectivity index (χ4n) is 0.734. The van der Waals surface area contributed by atoms with Crippen molar-refractivity contribution >= 4 is 0 Å². The Balaban J connectivity index is 2.34. The first-order chi connectivity index (χ1) is 3.83. The Kier molecular flexibility index (Phi) is 1.42. The van der Waals surface area contributed by atoms with Crippen LogP contribution in [-0.2, 0) is 0 Å². The fraction of sp³-hybridized carbons (Fsp3) is 0.500. The van der Waals surface area contributed by atoms with Gasteiger partial charge in [0, 0.05) is 26.0 Å². The van der Waals surface area contributed by atoms with E-state index in [1.165, 1.54) is 0 Å². The van der Waals surface area contributed by atoms with Gasteiger partial charge in [0.25, 0.3) is 0 Å². The summed E-state index contributed by atoms with van der Waals surface area (Å²) in [7, 11) is 2.05. The lowest BCUT2D eigenvalue weighted by Crippen LogP contribution is -2.21. The Labute approximate surface area is 50.4 Å². The van der Waals surface area contributed by atoms with Crippen molar-refractivity contribution in [2.24, 2.45) is 0 Å². The minimum atomic E-state index is 0.862. The summed E-state index contributed by atoms with van der Waals surface area (Å²) in [5.41, 5.74) is 0. The quantitative estimate of drug-likeness (QED) is 0.486. The molecule has 1 aliphatic rings. The van der Waals surface area contributed by atoms with E-state index in [1.54, 1.807) is 0 Å². The predicted octanol–water partition coefficient (Wildman–Crippen LogP) is 0.497. The van der Waals surface area contributed by atoms with Gasteiger partial charge in [-0.15, -0.1) is 0 Å². The second-order valence-electron chi connectivity index (χ2n) is 2.01. The van der Waals surface area contributed by atoms with Crippen LogP contribution < -0.4 is 0 Å². The molecule has 0 aromatic rings. The van der Waals surface area contributed by atoms with Crippen LogP contribution in [0, 0.1) is 6.92 Å². The number of rotatable bonds is 1. The molecule has 0 aromatic carbocycles. The van der Waals surface area contributed by atoms with E-state index in [4.69, 9.17) is 0 Å². The Bertz CT molecular complexity index is 98.7. The van der Waals surface area contributed by atoms with Gasteiger partial charge in [0.2, 0.25) is 0 Å². The highest BCUT2D eigenvalue weighted by molar-refractivity contribution is 4.88. The van der Waals surface area contributed by atoms with Crippen LogP contribution >= 0.6 is 0 Å². The Hall–Kier alpha value is -0.660. The SMILES string of the molecule is [CH2]CN1C=CN(C)C1. The van der Waals surface area contributed by atoms with E-state index in [9.17, 15) is 0 Å². The number of hydrogen-bond acceptors (Lipinski definition) is 2. The third-order valence-electron chi connectivity index (χ3n) is 1.22. The second kappa shape index (κ2) is 2.07. The molecule has 1 aliphatic heterocycles. The molecule has 0 amide bonds. The molecule has 0 fully saturated rings. The Morgan fingerprint density at radius 3 is 2.62 bits per heavy atom. The second-order valence-corrected chi connectivity index (χ2v) is 2.01. The van der Waals surface area contributed by atoms with Gasteiger partial charge >= 0.3 is 0 Å². The maximum atomic E-state index is 3.75. The zero-order valence-corrected chi connectivity index (χ0v) is 5.17. The largest absolute Gasteiger partial charge is 0.362 e. The highest BCUT2D eigenvalue weighted by Crippen LogP contribution is 2.00. The van der Waals surface area contributed by atoms with Crippen LogP contribution in [0.25, 0.3) is 0 Å². The molecule has 0 bridgehead atoms. The molecule has 0 aromatic heterocycles. The monoisotopic (exact) mass is 111 g/mol. The lowest BCUT2D eigenvalue weighted by molar-refractivity contribution is 0.317. The van der Waals surface area contributed by atoms with Gasteiger partial charge in [-0.2, -0.15) is 0 Å². The van der Waals surface area contributed by atoms with Crippen molar-refractivity contribution in [3.05, 3.63) is 19.3 Å². The topological polar surface area (TPSA) is 6.48 Å². The fourth-order valence-corrected chi connectivity index (χ4v) is 0.734. The predicted molar refractivity (Wildman–Crippen MR) is 33.8 cm³/mol. The van der Waals surface area contributed by atoms with Gasteiger partial charge in [-0.3, -0.25) is 0 Å². The molecule has 45 valence electrons. The van der Waals surface area contributed by atoms with Gasteiger partial charge in [-0.25, -0.2) is 0 Å². The summed E-state index contributed by atoms with van der Waals surface area (Å²) in [6.45, 7) is 5.60. The minimum Gasteiger partial charge on any atom is -0.362 e. The molecule has 2 heteroatoms. The first-order valence-corrected chi connectivity index (χ1v) is 2.75. The summed E-state index contributed by atoms with van der Waals surface area (Å²) in [6.07, 6.45) is 4.10. The van der Waals surface area contributed by atoms with Crippen LogP contribution in [0.3, 0.4) is 0 Å². The van der Waals surface area contributed by atoms with Gasteiger partial charge in [-0.1, -0.05) is 0 Å². The summed E-state index contributed by atoms with van der Waals surface area (Å²) >= 11 is 0. The molecule has 0 N–H and O–H groups in total. The van der Waals surface area contributed by atoms with E-state index in [2.05, 4.69) is 16.7 Å². The number of hydrogen-bond donors (Lipinski definition) is 0. The molecule has 0 saturated carbocycles. The molecule has 8 heavy (non-hydrogen) atoms. The van der Waals surface area contributed by atoms with Crippen LogP contribution in [0.2, 0.25) is 0 Å². The van der Waals surface area contributed by atoms with E-state index in [0.29, 0.717) is 0 Å². The first-order valence-electron chi connectivity index (χ1n) is 2.75. The molecule has 2 nitrogen and oxygen atoms in total. The van der Waals surface area contributed by atoms with E-state index in [1.807, 2.05) is 19.4 Å². The molecule has 0 aliphatic carbocycles. The third-order valence-corrected chi connectivity index (χ3v) is 1.22. The van der Waals surface area contributed by atoms with Crippen molar-refractivity contribution in [1.29, 1.82) is 0 Å². The van der Waals surface area contributed by atoms with Crippen molar-refractivity contribution in [2.45, 2.75) is 0 Å². The smallest absolute Gasteiger partial charge is 0.0890 e. The third kappa shape index (κ3) is 0.941. The summed E-state index contributed by atoms with van der Waals surface area (Å²) < 4.78 is 0. The van der Waals surface area contributed by atoms with Crippen LogP contribution in [0.15, 0.2) is 12.4 Å². The molecule has 0 spiro atoms. The molecule has 0 saturated heterocycles. The summed E-state index contributed by atoms with van der Waals surface area (Å²) in [5, 5.41) is 0. The van der Waals surface area contributed by atoms with Crippen LogP contribution in [0.5, 0.6) is 0 Å². The average molecular weight is 111 g/mol. The van der Waals surface area contributed by atoms with Crippen molar-refractivity contribution in [1.82, 2.24) is 9.80 Å². The maximum Gasteiger partial charge on any atom is 0.0890 e. The molecule has 1 rings (SSSR count). The lowest BCUT2D eigenvalue weighted by atomic mass is 10.6. The van der Waals surface area contributed by atoms with E-state index >= 15 is 0 Å². The van der Waals surface area contributed by atoms with Crippen LogP contribution in [0.1, 0.15) is 0 Å². The Morgan fingerprint density at radius 1 is 1.62 bits per heavy atom. The average Bonchev–Trinajstić information content (AvgIpc) is 2.14. The molecule has 0 atom stereocenters. The number of nitrogens with zero attached hydrogens (tertiary/aromatic N) is 2. The van der Waals surface area contributed by atoms with E-state index in [0.717, 1.165) is 13.2 Å². The van der Waals surface area contributed by atoms with Gasteiger partial charge in [0.05, 0.1) is 6.67 Å². The standard InChI is InChI=1S/C6H11N2/c1-3-8-5-4-7(2)6-8/h4-5H,1,3,6H2,2H3. The maximum absolute atomic E-state index is 3.75. The normalized spacial score (nSPS) is 18.2. The summed E-state index contributed by atoms with van der Waals surface area (Å²) in [6, 6.07) is 0. The van der Waals surface area contributed by atoms with Gasteiger partial charge < -0.3 is 9.80 Å². The highest BCUT2D eigenvalue weighted by Gasteiger charge is 2.03. The molecule has 1 radical (unpaired) electrons. The van der Waals surface area contributed by atoms with Crippen molar-refractivity contribution in [2.75, 3.05) is 20.3 Å². The van der Waals surface area contributed by atoms with Gasteiger partial charge in [0.1, 0.15) is 0 Å². The first kappa shape index (κ1) is 5.48. The van der Waals surface area contributed by atoms with Crippen molar-refractivity contribution < 1.29 is 0 Å². The van der Waals surface area contributed by atoms with Crippen LogP contribution in [-0.4, -0.2) is 30.1 Å². The lowest BCUT2D eigenvalue weighted by Gasteiger charge is -2.14. The molecular weight excluding hydrogens is 100 g/mol. The molecule has 0 unspecified atom stereocenters. The zero-order valence-electron chi connectivity index (χ0n) is 5.17. The minimum absolute atomic E-state index is 0.862. The molecule has 1 heterocycles. The van der Waals surface area contributed by atoms with E-state index in [-0.39, 0.29) is 0 Å². The Morgan fingerprint density at radius 2 is 2.38 bits per heavy atom. The van der Waals surface area contributed by atoms with E-state index < -0.39 is 0 Å². The van der Waals surface area contributed by atoms with Gasteiger partial charge in [-0.05, 0) is 6.92 Å². The van der Waals surface area contributed by atoms with Crippen molar-refractivity contribution in [3.8, 4) is 0 Å². The summed E-state index contributed by atoms with van der Waals surface area (Å²) in [5.74, 6) is 0. The highest BCUT2D eigenvalue weighted by atomic mass is 15.3. The zero-order chi connectivity index (χ0) is 5.98. The molecular formula is C6H11N2. The van der Waals surface area contributed by atoms with Crippen LogP contribution in [0.4, 0.5) is 0 Å². The van der Waals surface area contributed by atoms with Crippen molar-refractivity contribution in [3.63, 3.8) is 0 Å².